The van der Waals surface area contributed by atoms with Crippen molar-refractivity contribution in [3.05, 3.63) is 35.1 Å². The zero-order valence-corrected chi connectivity index (χ0v) is 10.4. The molecule has 1 aromatic carbocycles. The number of rotatable bonds is 6. The van der Waals surface area contributed by atoms with Crippen molar-refractivity contribution < 1.29 is 4.39 Å². The number of nitrogens with two attached hydrogens (primary N) is 1. The molecule has 1 fully saturated rings. The highest BCUT2D eigenvalue weighted by molar-refractivity contribution is 5.29. The van der Waals surface area contributed by atoms with Gasteiger partial charge >= 0.3 is 0 Å². The Morgan fingerprint density at radius 1 is 1.47 bits per heavy atom. The average Bonchev–Trinajstić information content (AvgIpc) is 3.10. The van der Waals surface area contributed by atoms with Gasteiger partial charge in [0.2, 0.25) is 0 Å². The van der Waals surface area contributed by atoms with Crippen LogP contribution in [0.15, 0.2) is 18.2 Å². The van der Waals surface area contributed by atoms with E-state index < -0.39 is 0 Å². The average molecular weight is 236 g/mol. The molecule has 17 heavy (non-hydrogen) atoms. The second kappa shape index (κ2) is 5.61. The maximum Gasteiger partial charge on any atom is 0.123 e. The third-order valence-electron chi connectivity index (χ3n) is 3.48. The van der Waals surface area contributed by atoms with Gasteiger partial charge in [-0.1, -0.05) is 18.9 Å². The van der Waals surface area contributed by atoms with E-state index in [9.17, 15) is 4.39 Å². The lowest BCUT2D eigenvalue weighted by Gasteiger charge is -2.19. The molecule has 0 amide bonds. The normalized spacial score (nSPS) is 17.1. The molecule has 1 aliphatic carbocycles. The van der Waals surface area contributed by atoms with Crippen LogP contribution in [-0.2, 0) is 0 Å². The summed E-state index contributed by atoms with van der Waals surface area (Å²) in [5.74, 6) is 0.746. The number of nitrogens with one attached hydrogen (secondary N) is 1. The van der Waals surface area contributed by atoms with Gasteiger partial charge in [0, 0.05) is 12.6 Å². The lowest BCUT2D eigenvalue weighted by atomic mass is 10.0. The smallest absolute Gasteiger partial charge is 0.123 e. The molecule has 1 aromatic rings. The molecule has 94 valence electrons. The monoisotopic (exact) mass is 236 g/mol. The Morgan fingerprint density at radius 3 is 2.82 bits per heavy atom. The third-order valence-corrected chi connectivity index (χ3v) is 3.48. The predicted molar refractivity (Wildman–Crippen MR) is 68.3 cm³/mol. The van der Waals surface area contributed by atoms with Crippen LogP contribution >= 0.6 is 0 Å². The van der Waals surface area contributed by atoms with Crippen molar-refractivity contribution >= 4 is 0 Å². The van der Waals surface area contributed by atoms with Crippen molar-refractivity contribution in [3.63, 3.8) is 0 Å². The highest BCUT2D eigenvalue weighted by Crippen LogP contribution is 2.32. The second-order valence-electron chi connectivity index (χ2n) is 4.98. The Hall–Kier alpha value is -0.930. The van der Waals surface area contributed by atoms with Gasteiger partial charge in [-0.15, -0.1) is 0 Å². The molecule has 1 unspecified atom stereocenters. The summed E-state index contributed by atoms with van der Waals surface area (Å²) in [6.45, 7) is 3.49. The molecule has 1 aliphatic rings. The summed E-state index contributed by atoms with van der Waals surface area (Å²) in [4.78, 5) is 0. The van der Waals surface area contributed by atoms with Crippen LogP contribution in [0.3, 0.4) is 0 Å². The first-order valence-corrected chi connectivity index (χ1v) is 6.40. The molecule has 2 rings (SSSR count). The Morgan fingerprint density at radius 2 is 2.24 bits per heavy atom. The Labute approximate surface area is 102 Å². The van der Waals surface area contributed by atoms with Crippen molar-refractivity contribution in [3.8, 4) is 0 Å². The van der Waals surface area contributed by atoms with Crippen molar-refractivity contribution in [2.24, 2.45) is 11.7 Å². The van der Waals surface area contributed by atoms with Crippen LogP contribution in [0.2, 0.25) is 0 Å². The van der Waals surface area contributed by atoms with Crippen LogP contribution in [0.5, 0.6) is 0 Å². The fraction of sp³-hybridized carbons (Fsp3) is 0.571. The van der Waals surface area contributed by atoms with E-state index in [-0.39, 0.29) is 11.9 Å². The van der Waals surface area contributed by atoms with E-state index >= 15 is 0 Å². The standard InChI is InChI=1S/C14H21FN2/c1-10-8-12(15)4-5-13(10)14(9-16)17-7-6-11-2-3-11/h4-5,8,11,14,17H,2-3,6-7,9,16H2,1H3. The Bertz CT molecular complexity index is 374. The van der Waals surface area contributed by atoms with Crippen LogP contribution in [0, 0.1) is 18.7 Å². The zero-order chi connectivity index (χ0) is 12.3. The summed E-state index contributed by atoms with van der Waals surface area (Å²) >= 11 is 0. The summed E-state index contributed by atoms with van der Waals surface area (Å²) in [6.07, 6.45) is 3.99. The third kappa shape index (κ3) is 3.51. The molecule has 0 bridgehead atoms. The summed E-state index contributed by atoms with van der Waals surface area (Å²) < 4.78 is 13.0. The summed E-state index contributed by atoms with van der Waals surface area (Å²) in [7, 11) is 0. The van der Waals surface area contributed by atoms with Gasteiger partial charge in [-0.2, -0.15) is 0 Å². The van der Waals surface area contributed by atoms with E-state index in [1.54, 1.807) is 6.07 Å². The molecular weight excluding hydrogens is 215 g/mol. The Kier molecular flexibility index (Phi) is 4.13. The van der Waals surface area contributed by atoms with Gasteiger partial charge in [0.05, 0.1) is 0 Å². The first-order chi connectivity index (χ1) is 8.20. The SMILES string of the molecule is Cc1cc(F)ccc1C(CN)NCCC1CC1. The van der Waals surface area contributed by atoms with Crippen molar-refractivity contribution in [1.82, 2.24) is 5.32 Å². The molecule has 0 radical (unpaired) electrons. The molecule has 1 saturated carbocycles. The van der Waals surface area contributed by atoms with E-state index in [0.29, 0.717) is 6.54 Å². The Balaban J connectivity index is 1.94. The number of hydrogen-bond acceptors (Lipinski definition) is 2. The predicted octanol–water partition coefficient (Wildman–Crippen LogP) is 2.52. The summed E-state index contributed by atoms with van der Waals surface area (Å²) in [5, 5.41) is 3.47. The molecule has 0 saturated heterocycles. The molecule has 2 nitrogen and oxygen atoms in total. The minimum atomic E-state index is -0.181. The van der Waals surface area contributed by atoms with Gasteiger partial charge in [0.15, 0.2) is 0 Å². The molecule has 0 aromatic heterocycles. The summed E-state index contributed by atoms with van der Waals surface area (Å²) in [5.41, 5.74) is 7.88. The van der Waals surface area contributed by atoms with Crippen LogP contribution in [0.1, 0.15) is 36.4 Å². The highest BCUT2D eigenvalue weighted by Gasteiger charge is 2.21. The van der Waals surface area contributed by atoms with Gasteiger partial charge < -0.3 is 11.1 Å². The van der Waals surface area contributed by atoms with E-state index in [4.69, 9.17) is 5.73 Å². The quantitative estimate of drug-likeness (QED) is 0.796. The van der Waals surface area contributed by atoms with Crippen LogP contribution in [-0.4, -0.2) is 13.1 Å². The largest absolute Gasteiger partial charge is 0.329 e. The molecule has 0 aliphatic heterocycles. The first kappa shape index (κ1) is 12.5. The number of benzene rings is 1. The van der Waals surface area contributed by atoms with Gasteiger partial charge in [0.1, 0.15) is 5.82 Å². The minimum absolute atomic E-state index is 0.148. The van der Waals surface area contributed by atoms with Crippen LogP contribution in [0.4, 0.5) is 4.39 Å². The van der Waals surface area contributed by atoms with Gasteiger partial charge in [0.25, 0.3) is 0 Å². The minimum Gasteiger partial charge on any atom is -0.329 e. The molecular formula is C14H21FN2. The lowest BCUT2D eigenvalue weighted by Crippen LogP contribution is -2.29. The first-order valence-electron chi connectivity index (χ1n) is 6.40. The molecule has 3 heteroatoms. The van der Waals surface area contributed by atoms with Crippen molar-refractivity contribution in [2.75, 3.05) is 13.1 Å². The molecule has 3 N–H and O–H groups in total. The summed E-state index contributed by atoms with van der Waals surface area (Å²) in [6, 6.07) is 5.06. The lowest BCUT2D eigenvalue weighted by molar-refractivity contribution is 0.513. The van der Waals surface area contributed by atoms with Gasteiger partial charge in [-0.3, -0.25) is 0 Å². The van der Waals surface area contributed by atoms with Gasteiger partial charge in [-0.05, 0) is 49.1 Å². The molecule has 0 heterocycles. The zero-order valence-electron chi connectivity index (χ0n) is 10.4. The van der Waals surface area contributed by atoms with E-state index in [1.165, 1.54) is 25.3 Å². The number of hydrogen-bond donors (Lipinski definition) is 2. The number of halogens is 1. The second-order valence-corrected chi connectivity index (χ2v) is 4.98. The van der Waals surface area contributed by atoms with E-state index in [2.05, 4.69) is 5.32 Å². The van der Waals surface area contributed by atoms with Crippen LogP contribution in [0.25, 0.3) is 0 Å². The maximum atomic E-state index is 13.0. The highest BCUT2D eigenvalue weighted by atomic mass is 19.1. The van der Waals surface area contributed by atoms with Crippen molar-refractivity contribution in [2.45, 2.75) is 32.2 Å². The molecule has 0 spiro atoms. The van der Waals surface area contributed by atoms with Crippen LogP contribution < -0.4 is 11.1 Å². The van der Waals surface area contributed by atoms with Crippen molar-refractivity contribution in [1.29, 1.82) is 0 Å². The number of aryl methyl sites for hydroxylation is 1. The van der Waals surface area contributed by atoms with E-state index in [0.717, 1.165) is 23.6 Å². The molecule has 1 atom stereocenters. The fourth-order valence-electron chi connectivity index (χ4n) is 2.22. The topological polar surface area (TPSA) is 38.0 Å². The fourth-order valence-corrected chi connectivity index (χ4v) is 2.22. The van der Waals surface area contributed by atoms with Gasteiger partial charge in [-0.25, -0.2) is 4.39 Å². The van der Waals surface area contributed by atoms with E-state index in [1.807, 2.05) is 13.0 Å². The maximum absolute atomic E-state index is 13.0.